The molecule has 88 valence electrons. The molecule has 1 aromatic carbocycles. The zero-order valence-corrected chi connectivity index (χ0v) is 10.0. The molecule has 0 saturated heterocycles. The van der Waals surface area contributed by atoms with Crippen molar-refractivity contribution in [3.05, 3.63) is 35.4 Å². The van der Waals surface area contributed by atoms with Gasteiger partial charge in [-0.15, -0.1) is 0 Å². The molecule has 0 amide bonds. The van der Waals surface area contributed by atoms with Gasteiger partial charge in [0.15, 0.2) is 0 Å². The van der Waals surface area contributed by atoms with Crippen LogP contribution in [0.2, 0.25) is 0 Å². The molecule has 0 aliphatic heterocycles. The van der Waals surface area contributed by atoms with Crippen molar-refractivity contribution in [2.45, 2.75) is 37.7 Å². The zero-order chi connectivity index (χ0) is 11.4. The Morgan fingerprint density at radius 3 is 2.69 bits per heavy atom. The molecule has 16 heavy (non-hydrogen) atoms. The molecule has 0 aromatic heterocycles. The molecule has 0 heterocycles. The molecule has 1 aromatic rings. The van der Waals surface area contributed by atoms with E-state index in [0.717, 1.165) is 6.54 Å². The van der Waals surface area contributed by atoms with Crippen LogP contribution in [0.4, 0.5) is 0 Å². The fraction of sp³-hybridized carbons (Fsp3) is 0.571. The van der Waals surface area contributed by atoms with E-state index in [0.29, 0.717) is 6.61 Å². The van der Waals surface area contributed by atoms with Crippen molar-refractivity contribution < 1.29 is 4.74 Å². The number of hydrogen-bond acceptors (Lipinski definition) is 2. The predicted octanol–water partition coefficient (Wildman–Crippen LogP) is 2.60. The third kappa shape index (κ3) is 2.13. The van der Waals surface area contributed by atoms with E-state index in [1.165, 1.54) is 36.8 Å². The fourth-order valence-electron chi connectivity index (χ4n) is 2.82. The second kappa shape index (κ2) is 4.98. The Labute approximate surface area is 97.8 Å². The summed E-state index contributed by atoms with van der Waals surface area (Å²) in [7, 11) is 1.74. The van der Waals surface area contributed by atoms with Gasteiger partial charge in [-0.05, 0) is 24.0 Å². The maximum absolute atomic E-state index is 5.99. The van der Waals surface area contributed by atoms with Crippen molar-refractivity contribution in [2.75, 3.05) is 13.7 Å². The van der Waals surface area contributed by atoms with E-state index in [1.54, 1.807) is 7.11 Å². The predicted molar refractivity (Wildman–Crippen MR) is 66.4 cm³/mol. The van der Waals surface area contributed by atoms with Crippen molar-refractivity contribution in [1.29, 1.82) is 0 Å². The molecule has 2 nitrogen and oxygen atoms in total. The van der Waals surface area contributed by atoms with Gasteiger partial charge in [-0.25, -0.2) is 0 Å². The first-order valence-electron chi connectivity index (χ1n) is 6.09. The van der Waals surface area contributed by atoms with Crippen LogP contribution in [-0.2, 0) is 16.8 Å². The van der Waals surface area contributed by atoms with Crippen LogP contribution in [0.1, 0.15) is 36.8 Å². The summed E-state index contributed by atoms with van der Waals surface area (Å²) < 4.78 is 5.18. The van der Waals surface area contributed by atoms with E-state index in [9.17, 15) is 0 Å². The average Bonchev–Trinajstić information content (AvgIpc) is 2.80. The minimum absolute atomic E-state index is 0.240. The van der Waals surface area contributed by atoms with E-state index in [1.807, 2.05) is 0 Å². The molecule has 0 radical (unpaired) electrons. The summed E-state index contributed by atoms with van der Waals surface area (Å²) in [5.74, 6) is 0. The van der Waals surface area contributed by atoms with Crippen LogP contribution in [-0.4, -0.2) is 13.7 Å². The number of methoxy groups -OCH3 is 1. The lowest BCUT2D eigenvalue weighted by Gasteiger charge is -2.28. The molecular weight excluding hydrogens is 198 g/mol. The highest BCUT2D eigenvalue weighted by Crippen LogP contribution is 2.40. The Morgan fingerprint density at radius 1 is 1.31 bits per heavy atom. The molecule has 2 heteroatoms. The van der Waals surface area contributed by atoms with Gasteiger partial charge in [-0.1, -0.05) is 37.1 Å². The molecule has 0 spiro atoms. The molecule has 0 atom stereocenters. The van der Waals surface area contributed by atoms with Gasteiger partial charge in [0.25, 0.3) is 0 Å². The molecule has 1 fully saturated rings. The van der Waals surface area contributed by atoms with Gasteiger partial charge in [0.05, 0.1) is 6.61 Å². The molecule has 1 aliphatic rings. The largest absolute Gasteiger partial charge is 0.380 e. The first-order valence-corrected chi connectivity index (χ1v) is 6.09. The summed E-state index contributed by atoms with van der Waals surface area (Å²) in [5, 5.41) is 0. The monoisotopic (exact) mass is 219 g/mol. The van der Waals surface area contributed by atoms with Crippen molar-refractivity contribution in [1.82, 2.24) is 0 Å². The fourth-order valence-corrected chi connectivity index (χ4v) is 2.82. The summed E-state index contributed by atoms with van der Waals surface area (Å²) >= 11 is 0. The summed E-state index contributed by atoms with van der Waals surface area (Å²) in [5.41, 5.74) is 8.89. The van der Waals surface area contributed by atoms with Crippen LogP contribution in [0.3, 0.4) is 0 Å². The van der Waals surface area contributed by atoms with Crippen LogP contribution in [0.25, 0.3) is 0 Å². The second-order valence-corrected chi connectivity index (χ2v) is 4.82. The lowest BCUT2D eigenvalue weighted by Crippen LogP contribution is -2.32. The Morgan fingerprint density at radius 2 is 2.06 bits per heavy atom. The van der Waals surface area contributed by atoms with Gasteiger partial charge >= 0.3 is 0 Å². The third-order valence-electron chi connectivity index (χ3n) is 3.80. The van der Waals surface area contributed by atoms with E-state index < -0.39 is 0 Å². The quantitative estimate of drug-likeness (QED) is 0.844. The average molecular weight is 219 g/mol. The number of nitrogens with two attached hydrogens (primary N) is 1. The number of ether oxygens (including phenoxy) is 1. The zero-order valence-electron chi connectivity index (χ0n) is 10.0. The van der Waals surface area contributed by atoms with E-state index in [2.05, 4.69) is 24.3 Å². The third-order valence-corrected chi connectivity index (χ3v) is 3.80. The Bertz CT molecular complexity index is 342. The standard InChI is InChI=1S/C14H21NO/c1-16-10-12-5-4-6-13(9-12)14(11-15)7-2-3-8-14/h4-6,9H,2-3,7-8,10-11,15H2,1H3. The van der Waals surface area contributed by atoms with E-state index in [-0.39, 0.29) is 5.41 Å². The van der Waals surface area contributed by atoms with Crippen molar-refractivity contribution in [2.24, 2.45) is 5.73 Å². The van der Waals surface area contributed by atoms with Gasteiger partial charge in [-0.3, -0.25) is 0 Å². The molecular formula is C14H21NO. The van der Waals surface area contributed by atoms with Crippen molar-refractivity contribution in [3.63, 3.8) is 0 Å². The highest BCUT2D eigenvalue weighted by atomic mass is 16.5. The lowest BCUT2D eigenvalue weighted by atomic mass is 9.78. The molecule has 0 bridgehead atoms. The summed E-state index contributed by atoms with van der Waals surface area (Å²) in [6.07, 6.45) is 5.09. The summed E-state index contributed by atoms with van der Waals surface area (Å²) in [6.45, 7) is 1.46. The highest BCUT2D eigenvalue weighted by Gasteiger charge is 2.34. The Balaban J connectivity index is 2.27. The normalized spacial score (nSPS) is 18.9. The van der Waals surface area contributed by atoms with Crippen LogP contribution in [0.15, 0.2) is 24.3 Å². The minimum atomic E-state index is 0.240. The Hall–Kier alpha value is -0.860. The lowest BCUT2D eigenvalue weighted by molar-refractivity contribution is 0.184. The molecule has 1 aliphatic carbocycles. The van der Waals surface area contributed by atoms with Gasteiger partial charge in [0.1, 0.15) is 0 Å². The van der Waals surface area contributed by atoms with E-state index in [4.69, 9.17) is 10.5 Å². The van der Waals surface area contributed by atoms with Gasteiger partial charge < -0.3 is 10.5 Å². The van der Waals surface area contributed by atoms with Gasteiger partial charge in [0, 0.05) is 19.1 Å². The van der Waals surface area contributed by atoms with Crippen LogP contribution >= 0.6 is 0 Å². The molecule has 0 unspecified atom stereocenters. The van der Waals surface area contributed by atoms with E-state index >= 15 is 0 Å². The van der Waals surface area contributed by atoms with Crippen LogP contribution in [0, 0.1) is 0 Å². The van der Waals surface area contributed by atoms with Crippen molar-refractivity contribution >= 4 is 0 Å². The van der Waals surface area contributed by atoms with Crippen LogP contribution < -0.4 is 5.73 Å². The molecule has 2 N–H and O–H groups in total. The highest BCUT2D eigenvalue weighted by molar-refractivity contribution is 5.31. The summed E-state index contributed by atoms with van der Waals surface area (Å²) in [6, 6.07) is 8.73. The summed E-state index contributed by atoms with van der Waals surface area (Å²) in [4.78, 5) is 0. The number of rotatable bonds is 4. The van der Waals surface area contributed by atoms with Crippen molar-refractivity contribution in [3.8, 4) is 0 Å². The molecule has 2 rings (SSSR count). The molecule has 1 saturated carbocycles. The SMILES string of the molecule is COCc1cccc(C2(CN)CCCC2)c1. The first kappa shape index (κ1) is 11.6. The Kier molecular flexibility index (Phi) is 3.62. The van der Waals surface area contributed by atoms with Gasteiger partial charge in [-0.2, -0.15) is 0 Å². The maximum atomic E-state index is 5.99. The van der Waals surface area contributed by atoms with Crippen LogP contribution in [0.5, 0.6) is 0 Å². The number of hydrogen-bond donors (Lipinski definition) is 1. The van der Waals surface area contributed by atoms with Gasteiger partial charge in [0.2, 0.25) is 0 Å². The topological polar surface area (TPSA) is 35.2 Å². The maximum Gasteiger partial charge on any atom is 0.0713 e. The minimum Gasteiger partial charge on any atom is -0.380 e. The first-order chi connectivity index (χ1) is 7.80. The number of benzene rings is 1. The second-order valence-electron chi connectivity index (χ2n) is 4.82. The smallest absolute Gasteiger partial charge is 0.0713 e.